The summed E-state index contributed by atoms with van der Waals surface area (Å²) < 4.78 is 52.0. The quantitative estimate of drug-likeness (QED) is 0.00981. The minimum absolute atomic E-state index is 0.00646. The maximum Gasteiger partial charge on any atom is 0.333 e. The summed E-state index contributed by atoms with van der Waals surface area (Å²) >= 11 is 0. The van der Waals surface area contributed by atoms with Crippen molar-refractivity contribution in [3.05, 3.63) is 214 Å². The van der Waals surface area contributed by atoms with Crippen LogP contribution in [0.4, 0.5) is 0 Å². The molecular weight excluding hydrogens is 1590 g/mol. The first-order chi connectivity index (χ1) is 60.9. The van der Waals surface area contributed by atoms with Crippen LogP contribution >= 0.6 is 0 Å². The number of amides is 5. The van der Waals surface area contributed by atoms with Crippen molar-refractivity contribution in [3.63, 3.8) is 0 Å². The number of imide groups is 1. The number of aliphatic hydroxyl groups is 1. The first-order valence-corrected chi connectivity index (χ1v) is 45.2. The number of nitrogens with zero attached hydrogens (tertiary/aromatic N) is 4. The van der Waals surface area contributed by atoms with Crippen molar-refractivity contribution in [1.82, 2.24) is 19.6 Å². The average molecular weight is 1710 g/mol. The zero-order valence-corrected chi connectivity index (χ0v) is 73.3. The molecule has 22 nitrogen and oxygen atoms in total. The van der Waals surface area contributed by atoms with E-state index in [0.29, 0.717) is 25.7 Å². The number of benzene rings is 9. The molecule has 4 fully saturated rings. The summed E-state index contributed by atoms with van der Waals surface area (Å²) in [6.07, 6.45) is 17.8. The molecule has 15 rings (SSSR count). The second-order valence-electron chi connectivity index (χ2n) is 35.0. The summed E-state index contributed by atoms with van der Waals surface area (Å²) in [5, 5.41) is 15.9. The first-order valence-electron chi connectivity index (χ1n) is 45.2. The number of fused-ring (bicyclic) bond motifs is 2. The summed E-state index contributed by atoms with van der Waals surface area (Å²) in [6.45, 7) is 25.2. The van der Waals surface area contributed by atoms with Crippen LogP contribution < -0.4 is 18.9 Å². The molecule has 6 aliphatic rings. The molecule has 0 bridgehead atoms. The second kappa shape index (κ2) is 39.2. The Balaban J connectivity index is 1.03. The molecule has 9 aromatic rings. The van der Waals surface area contributed by atoms with Gasteiger partial charge in [0.2, 0.25) is 11.8 Å². The van der Waals surface area contributed by atoms with Gasteiger partial charge in [-0.25, -0.2) is 19.2 Å². The van der Waals surface area contributed by atoms with Gasteiger partial charge in [0.15, 0.2) is 6.23 Å². The summed E-state index contributed by atoms with van der Waals surface area (Å²) in [6, 6.07) is 32.5. The zero-order valence-electron chi connectivity index (χ0n) is 73.3. The molecule has 9 aromatic carbocycles. The second-order valence-corrected chi connectivity index (χ2v) is 35.0. The van der Waals surface area contributed by atoms with Gasteiger partial charge in [0.25, 0.3) is 17.7 Å². The Hall–Kier alpha value is -12.2. The molecule has 4 saturated carbocycles. The van der Waals surface area contributed by atoms with Crippen molar-refractivity contribution in [3.8, 4) is 46.0 Å². The van der Waals surface area contributed by atoms with Crippen LogP contribution in [0.15, 0.2) is 170 Å². The van der Waals surface area contributed by atoms with E-state index in [0.717, 1.165) is 156 Å². The van der Waals surface area contributed by atoms with Crippen LogP contribution in [0.25, 0.3) is 43.1 Å². The highest BCUT2D eigenvalue weighted by molar-refractivity contribution is 6.43. The van der Waals surface area contributed by atoms with Crippen LogP contribution in [0.5, 0.6) is 46.0 Å². The smallest absolute Gasteiger partial charge is 0.333 e. The van der Waals surface area contributed by atoms with Crippen molar-refractivity contribution >= 4 is 96.5 Å². The Labute approximate surface area is 736 Å². The predicted molar refractivity (Wildman–Crippen MR) is 483 cm³/mol. The number of esters is 4. The lowest BCUT2D eigenvalue weighted by molar-refractivity contribution is -0.147. The van der Waals surface area contributed by atoms with E-state index < -0.39 is 59.9 Å². The first kappa shape index (κ1) is 88.7. The maximum atomic E-state index is 17.0. The maximum absolute atomic E-state index is 17.0. The minimum atomic E-state index is -1.82. The molecule has 5 amide bonds. The Bertz CT molecular complexity index is 5520. The fourth-order valence-corrected chi connectivity index (χ4v) is 19.6. The van der Waals surface area contributed by atoms with E-state index in [2.05, 4.69) is 31.2 Å². The minimum Gasteiger partial charge on any atom is -0.462 e. The molecule has 3 atom stereocenters. The molecule has 4 aliphatic carbocycles. The van der Waals surface area contributed by atoms with Crippen molar-refractivity contribution in [1.29, 1.82) is 0 Å². The van der Waals surface area contributed by atoms with Crippen LogP contribution in [0.1, 0.15) is 248 Å². The van der Waals surface area contributed by atoms with E-state index in [1.807, 2.05) is 67.3 Å². The molecule has 1 N–H and O–H groups in total. The van der Waals surface area contributed by atoms with E-state index in [-0.39, 0.29) is 209 Å². The number of hydrogen-bond acceptors (Lipinski definition) is 18. The highest BCUT2D eigenvalue weighted by atomic mass is 16.5. The standard InChI is InChI=1S/C104H114N4O18/c1-11-81(99(113)105(69-25-17-13-18-26-69)70-27-19-14-20-28-70)107-95(109)77-57-83(123-73-41-33-65(34-42-73)49-53-119-101(115)61(3)4)89-91-85(125-75-45-37-67(38-46-75)51-55-121-103(117)63(7)8)59-79-88-80(98(112)108(97(79)111)82(12-2)100(114)106(71-29-21-15-22-30-71)72-31-23-16-24-32-72)60-86(126-76-47-39-68(40-48-76)52-56-122-104(118)64(9)10)92(94(88)91)90-84(58-78(96(107)110)87(77)93(89)90)124-74-43-35-66(36-44-74)50-54-120-102(116)62(5)6/h33-48,57-60,69-72,81-82,95,109H,3,5,7,9,11-32,49-56H2,1-2,4,6,8,10H3. The lowest BCUT2D eigenvalue weighted by atomic mass is 9.80. The van der Waals surface area contributed by atoms with Gasteiger partial charge in [-0.1, -0.05) is 166 Å². The third-order valence-corrected chi connectivity index (χ3v) is 26.0. The third kappa shape index (κ3) is 18.6. The monoisotopic (exact) mass is 1710 g/mol. The van der Waals surface area contributed by atoms with E-state index in [1.165, 1.54) is 4.90 Å². The SMILES string of the molecule is C=C(C)C(=O)OCCc1ccc(Oc2cc3c4c(cc(Oc5ccc(CCOC(=O)C(=C)C)cc5)c5c6c(Oc7ccc(CCOC(=O)C(=C)C)cc7)cc7c8c(cc(Oc9ccc(CCOC(=O)C(=C)C)cc9)c(c2c45)c86)C(=O)N(C(CC)C(=O)N(C2CCCCC2)C2CCCCC2)C7O)C(=O)N(C(CC)C(=O)N(C2CCCCC2)C2CCCCC2)C3=O)cc1. The molecular formula is C104H114N4O18. The largest absolute Gasteiger partial charge is 0.462 e. The van der Waals surface area contributed by atoms with Gasteiger partial charge in [-0.3, -0.25) is 33.8 Å². The van der Waals surface area contributed by atoms with Gasteiger partial charge < -0.3 is 52.8 Å². The van der Waals surface area contributed by atoms with Gasteiger partial charge in [0.1, 0.15) is 58.1 Å². The Kier molecular flexibility index (Phi) is 27.6. The fourth-order valence-electron chi connectivity index (χ4n) is 19.6. The third-order valence-electron chi connectivity index (χ3n) is 26.0. The number of ether oxygens (including phenoxy) is 8. The van der Waals surface area contributed by atoms with Gasteiger partial charge in [-0.2, -0.15) is 0 Å². The van der Waals surface area contributed by atoms with Crippen LogP contribution in [-0.2, 0) is 73.4 Å². The zero-order chi connectivity index (χ0) is 88.7. The van der Waals surface area contributed by atoms with Gasteiger partial charge in [-0.05, 0) is 187 Å². The summed E-state index contributed by atoms with van der Waals surface area (Å²) in [4.78, 5) is 141. The van der Waals surface area contributed by atoms with Crippen molar-refractivity contribution < 1.29 is 86.2 Å². The molecule has 126 heavy (non-hydrogen) atoms. The Morgan fingerprint density at radius 2 is 0.619 bits per heavy atom. The summed E-state index contributed by atoms with van der Waals surface area (Å²) in [7, 11) is 0. The highest BCUT2D eigenvalue weighted by Gasteiger charge is 2.49. The van der Waals surface area contributed by atoms with Gasteiger partial charge in [-0.15, -0.1) is 0 Å². The number of aliphatic hydroxyl groups excluding tert-OH is 1. The molecule has 658 valence electrons. The number of carbonyl (C=O) groups is 9. The predicted octanol–water partition coefficient (Wildman–Crippen LogP) is 21.1. The Morgan fingerprint density at radius 1 is 0.357 bits per heavy atom. The van der Waals surface area contributed by atoms with Crippen LogP contribution in [0, 0.1) is 0 Å². The molecule has 0 radical (unpaired) electrons. The molecule has 0 spiro atoms. The van der Waals surface area contributed by atoms with Crippen molar-refractivity contribution in [2.75, 3.05) is 26.4 Å². The Morgan fingerprint density at radius 3 is 0.897 bits per heavy atom. The normalized spacial score (nSPS) is 16.9. The van der Waals surface area contributed by atoms with Crippen molar-refractivity contribution in [2.45, 2.75) is 251 Å². The number of rotatable bonds is 34. The van der Waals surface area contributed by atoms with Gasteiger partial charge in [0, 0.05) is 121 Å². The van der Waals surface area contributed by atoms with E-state index in [4.69, 9.17) is 37.9 Å². The lowest BCUT2D eigenvalue weighted by Gasteiger charge is -2.46. The molecule has 3 unspecified atom stereocenters. The molecule has 2 aliphatic heterocycles. The van der Waals surface area contributed by atoms with Crippen LogP contribution in [0.2, 0.25) is 0 Å². The van der Waals surface area contributed by atoms with Gasteiger partial charge in [0.05, 0.1) is 43.1 Å². The number of hydrogen-bond donors (Lipinski definition) is 1. The van der Waals surface area contributed by atoms with Crippen LogP contribution in [0.3, 0.4) is 0 Å². The topological polar surface area (TPSA) is 261 Å². The molecule has 2 heterocycles. The number of carbonyl (C=O) groups excluding carboxylic acids is 9. The summed E-state index contributed by atoms with van der Waals surface area (Å²) in [5.74, 6) is -3.51. The molecule has 0 saturated heterocycles. The average Bonchev–Trinajstić information content (AvgIpc) is 0.669. The lowest BCUT2D eigenvalue weighted by Crippen LogP contribution is -2.59. The fraction of sp³-hybridized carbons (Fsp3) is 0.413. The molecule has 22 heteroatoms. The van der Waals surface area contributed by atoms with Crippen LogP contribution in [-0.4, -0.2) is 141 Å². The van der Waals surface area contributed by atoms with E-state index in [1.54, 1.807) is 100 Å². The summed E-state index contributed by atoms with van der Waals surface area (Å²) in [5.41, 5.74) is 4.41. The highest BCUT2D eigenvalue weighted by Crippen LogP contribution is 2.59. The molecule has 0 aromatic heterocycles. The van der Waals surface area contributed by atoms with E-state index in [9.17, 15) is 24.3 Å². The van der Waals surface area contributed by atoms with Gasteiger partial charge >= 0.3 is 23.9 Å². The van der Waals surface area contributed by atoms with E-state index >= 15 is 24.0 Å². The van der Waals surface area contributed by atoms with Crippen molar-refractivity contribution in [2.24, 2.45) is 0 Å².